The fourth-order valence-electron chi connectivity index (χ4n) is 3.51. The van der Waals surface area contributed by atoms with Crippen molar-refractivity contribution in [2.45, 2.75) is 56.7 Å². The molecular formula is C20H30N4O5. The van der Waals surface area contributed by atoms with Crippen LogP contribution in [-0.4, -0.2) is 64.1 Å². The molecule has 9 heteroatoms. The summed E-state index contributed by atoms with van der Waals surface area (Å²) >= 11 is 0. The molecule has 29 heavy (non-hydrogen) atoms. The van der Waals surface area contributed by atoms with Gasteiger partial charge in [-0.2, -0.15) is 0 Å². The smallest absolute Gasteiger partial charge is 0.326 e. The number of rotatable bonds is 10. The lowest BCUT2D eigenvalue weighted by molar-refractivity contribution is -0.144. The Morgan fingerprint density at radius 3 is 2.52 bits per heavy atom. The van der Waals surface area contributed by atoms with Crippen molar-refractivity contribution in [1.29, 1.82) is 0 Å². The average molecular weight is 406 g/mol. The molecule has 0 radical (unpaired) electrons. The van der Waals surface area contributed by atoms with Gasteiger partial charge in [0.1, 0.15) is 17.8 Å². The number of carboxylic acids is 1. The first-order chi connectivity index (χ1) is 13.8. The minimum atomic E-state index is -1.10. The van der Waals surface area contributed by atoms with Crippen LogP contribution in [0.2, 0.25) is 0 Å². The van der Waals surface area contributed by atoms with E-state index in [1.54, 1.807) is 12.1 Å². The molecular weight excluding hydrogens is 376 g/mol. The highest BCUT2D eigenvalue weighted by Gasteiger charge is 2.37. The van der Waals surface area contributed by atoms with Crippen LogP contribution in [0.1, 0.15) is 37.7 Å². The van der Waals surface area contributed by atoms with Crippen molar-refractivity contribution < 1.29 is 24.6 Å². The summed E-state index contributed by atoms with van der Waals surface area (Å²) in [5, 5.41) is 21.3. The normalized spacial score (nSPS) is 18.3. The lowest BCUT2D eigenvalue weighted by atomic mass is 10.0. The molecule has 1 saturated heterocycles. The molecule has 1 aliphatic rings. The second kappa shape index (κ2) is 10.8. The van der Waals surface area contributed by atoms with Gasteiger partial charge in [-0.25, -0.2) is 4.79 Å². The predicted molar refractivity (Wildman–Crippen MR) is 107 cm³/mol. The molecule has 2 amide bonds. The van der Waals surface area contributed by atoms with E-state index in [2.05, 4.69) is 5.32 Å². The van der Waals surface area contributed by atoms with Crippen LogP contribution in [0.25, 0.3) is 0 Å². The van der Waals surface area contributed by atoms with Gasteiger partial charge in [0.2, 0.25) is 11.8 Å². The maximum absolute atomic E-state index is 12.8. The Bertz CT molecular complexity index is 709. The monoisotopic (exact) mass is 406 g/mol. The molecule has 7 N–H and O–H groups in total. The zero-order valence-electron chi connectivity index (χ0n) is 16.4. The molecule has 1 heterocycles. The van der Waals surface area contributed by atoms with Crippen molar-refractivity contribution in [3.63, 3.8) is 0 Å². The van der Waals surface area contributed by atoms with Crippen molar-refractivity contribution >= 4 is 17.8 Å². The van der Waals surface area contributed by atoms with Gasteiger partial charge in [0, 0.05) is 6.54 Å². The maximum atomic E-state index is 12.8. The summed E-state index contributed by atoms with van der Waals surface area (Å²) in [6, 6.07) is 3.88. The minimum Gasteiger partial charge on any atom is -0.508 e. The molecule has 3 atom stereocenters. The highest BCUT2D eigenvalue weighted by Crippen LogP contribution is 2.20. The molecule has 1 aromatic carbocycles. The van der Waals surface area contributed by atoms with Crippen LogP contribution in [0.5, 0.6) is 5.75 Å². The number of amides is 2. The Labute approximate surface area is 170 Å². The fourth-order valence-corrected chi connectivity index (χ4v) is 3.51. The first-order valence-electron chi connectivity index (χ1n) is 9.90. The number of benzene rings is 1. The van der Waals surface area contributed by atoms with Crippen molar-refractivity contribution in [2.75, 3.05) is 13.1 Å². The third kappa shape index (κ3) is 6.43. The number of likely N-dealkylation sites (tertiary alicyclic amines) is 1. The number of aromatic hydroxyl groups is 1. The van der Waals surface area contributed by atoms with Crippen LogP contribution in [0, 0.1) is 0 Å². The number of carbonyl (C=O) groups is 3. The Morgan fingerprint density at radius 2 is 1.90 bits per heavy atom. The summed E-state index contributed by atoms with van der Waals surface area (Å²) in [5.74, 6) is -1.78. The van der Waals surface area contributed by atoms with Gasteiger partial charge in [0.25, 0.3) is 0 Å². The lowest BCUT2D eigenvalue weighted by Gasteiger charge is -2.28. The second-order valence-corrected chi connectivity index (χ2v) is 7.35. The number of hydrogen-bond acceptors (Lipinski definition) is 6. The third-order valence-electron chi connectivity index (χ3n) is 5.11. The number of aliphatic carboxylic acids is 1. The Hall–Kier alpha value is -2.65. The van der Waals surface area contributed by atoms with E-state index in [-0.39, 0.29) is 18.1 Å². The van der Waals surface area contributed by atoms with Gasteiger partial charge < -0.3 is 31.9 Å². The standard InChI is InChI=1S/C20H30N4O5/c21-10-2-1-4-16(20(28)29)23-18(26)17-5-3-11-24(17)19(27)15(22)12-13-6-8-14(25)9-7-13/h6-9,15-17,25H,1-5,10-12,21-22H2,(H,23,26)(H,28,29)/t15-,16-,17-/m0/s1. The van der Waals surface area contributed by atoms with Gasteiger partial charge >= 0.3 is 5.97 Å². The predicted octanol–water partition coefficient (Wildman–Crippen LogP) is -0.0486. The van der Waals surface area contributed by atoms with E-state index >= 15 is 0 Å². The number of nitrogens with two attached hydrogens (primary N) is 2. The minimum absolute atomic E-state index is 0.129. The van der Waals surface area contributed by atoms with Crippen molar-refractivity contribution in [1.82, 2.24) is 10.2 Å². The number of nitrogens with one attached hydrogen (secondary N) is 1. The van der Waals surface area contributed by atoms with Crippen LogP contribution in [-0.2, 0) is 20.8 Å². The van der Waals surface area contributed by atoms with Gasteiger partial charge in [0.15, 0.2) is 0 Å². The molecule has 0 bridgehead atoms. The summed E-state index contributed by atoms with van der Waals surface area (Å²) < 4.78 is 0. The topological polar surface area (TPSA) is 159 Å². The first-order valence-corrected chi connectivity index (χ1v) is 9.90. The quantitative estimate of drug-likeness (QED) is 0.341. The number of carboxylic acid groups (broad SMARTS) is 1. The molecule has 160 valence electrons. The Kier molecular flexibility index (Phi) is 8.41. The number of hydrogen-bond donors (Lipinski definition) is 5. The molecule has 1 aromatic rings. The third-order valence-corrected chi connectivity index (χ3v) is 5.11. The number of phenolic OH excluding ortho intramolecular Hbond substituents is 1. The van der Waals surface area contributed by atoms with Gasteiger partial charge in [-0.15, -0.1) is 0 Å². The van der Waals surface area contributed by atoms with E-state index in [4.69, 9.17) is 11.5 Å². The van der Waals surface area contributed by atoms with Gasteiger partial charge in [-0.3, -0.25) is 9.59 Å². The summed E-state index contributed by atoms with van der Waals surface area (Å²) in [5.41, 5.74) is 12.3. The molecule has 0 spiro atoms. The summed E-state index contributed by atoms with van der Waals surface area (Å²) in [6.07, 6.45) is 2.97. The van der Waals surface area contributed by atoms with Gasteiger partial charge in [0.05, 0.1) is 6.04 Å². The SMILES string of the molecule is NCCCC[C@H](NC(=O)[C@@H]1CCCN1C(=O)[C@@H](N)Cc1ccc(O)cc1)C(=O)O. The van der Waals surface area contributed by atoms with Gasteiger partial charge in [-0.1, -0.05) is 12.1 Å². The van der Waals surface area contributed by atoms with Crippen LogP contribution >= 0.6 is 0 Å². The number of phenols is 1. The van der Waals surface area contributed by atoms with Gasteiger partial charge in [-0.05, 0) is 62.8 Å². The van der Waals surface area contributed by atoms with E-state index in [9.17, 15) is 24.6 Å². The first kappa shape index (κ1) is 22.6. The zero-order chi connectivity index (χ0) is 21.4. The van der Waals surface area contributed by atoms with Crippen LogP contribution in [0.3, 0.4) is 0 Å². The van der Waals surface area contributed by atoms with Crippen LogP contribution in [0.4, 0.5) is 0 Å². The molecule has 2 rings (SSSR count). The molecule has 1 fully saturated rings. The molecule has 0 aromatic heterocycles. The molecule has 0 saturated carbocycles. The lowest BCUT2D eigenvalue weighted by Crippen LogP contribution is -2.54. The number of carbonyl (C=O) groups excluding carboxylic acids is 2. The van der Waals surface area contributed by atoms with Crippen molar-refractivity contribution in [3.05, 3.63) is 29.8 Å². The maximum Gasteiger partial charge on any atom is 0.326 e. The average Bonchev–Trinajstić information content (AvgIpc) is 3.18. The summed E-state index contributed by atoms with van der Waals surface area (Å²) in [6.45, 7) is 0.870. The van der Waals surface area contributed by atoms with E-state index in [1.807, 2.05) is 0 Å². The van der Waals surface area contributed by atoms with E-state index in [1.165, 1.54) is 17.0 Å². The number of nitrogens with zero attached hydrogens (tertiary/aromatic N) is 1. The fraction of sp³-hybridized carbons (Fsp3) is 0.550. The summed E-state index contributed by atoms with van der Waals surface area (Å²) in [7, 11) is 0. The largest absolute Gasteiger partial charge is 0.508 e. The molecule has 0 aliphatic carbocycles. The Morgan fingerprint density at radius 1 is 1.21 bits per heavy atom. The van der Waals surface area contributed by atoms with E-state index < -0.39 is 30.0 Å². The highest BCUT2D eigenvalue weighted by molar-refractivity contribution is 5.92. The zero-order valence-corrected chi connectivity index (χ0v) is 16.4. The molecule has 1 aliphatic heterocycles. The number of unbranched alkanes of at least 4 members (excludes halogenated alkanes) is 1. The summed E-state index contributed by atoms with van der Waals surface area (Å²) in [4.78, 5) is 38.3. The molecule has 9 nitrogen and oxygen atoms in total. The molecule has 0 unspecified atom stereocenters. The van der Waals surface area contributed by atoms with E-state index in [0.717, 1.165) is 5.56 Å². The van der Waals surface area contributed by atoms with E-state index in [0.29, 0.717) is 45.2 Å². The van der Waals surface area contributed by atoms with Crippen LogP contribution < -0.4 is 16.8 Å². The van der Waals surface area contributed by atoms with Crippen LogP contribution in [0.15, 0.2) is 24.3 Å². The second-order valence-electron chi connectivity index (χ2n) is 7.35. The Balaban J connectivity index is 1.97. The van der Waals surface area contributed by atoms with Crippen molar-refractivity contribution in [2.24, 2.45) is 11.5 Å². The highest BCUT2D eigenvalue weighted by atomic mass is 16.4. The van der Waals surface area contributed by atoms with Crippen molar-refractivity contribution in [3.8, 4) is 5.75 Å².